The third kappa shape index (κ3) is 3.52. The third-order valence-corrected chi connectivity index (χ3v) is 2.43. The van der Waals surface area contributed by atoms with Crippen LogP contribution in [0.1, 0.15) is 11.3 Å². The second kappa shape index (κ2) is 6.88. The summed E-state index contributed by atoms with van der Waals surface area (Å²) in [5.41, 5.74) is 2.64. The molecular formula is C10H17Cl2N3. The van der Waals surface area contributed by atoms with Crippen molar-refractivity contribution in [1.82, 2.24) is 10.3 Å². The van der Waals surface area contributed by atoms with E-state index in [0.29, 0.717) is 0 Å². The van der Waals surface area contributed by atoms with Crippen LogP contribution in [-0.2, 0) is 12.8 Å². The van der Waals surface area contributed by atoms with Crippen molar-refractivity contribution in [2.75, 3.05) is 25.5 Å². The van der Waals surface area contributed by atoms with Crippen molar-refractivity contribution in [2.45, 2.75) is 12.8 Å². The van der Waals surface area contributed by atoms with Crippen LogP contribution in [0.2, 0.25) is 0 Å². The van der Waals surface area contributed by atoms with E-state index in [4.69, 9.17) is 0 Å². The van der Waals surface area contributed by atoms with Crippen LogP contribution in [0.25, 0.3) is 0 Å². The van der Waals surface area contributed by atoms with Gasteiger partial charge in [-0.2, -0.15) is 0 Å². The predicted molar refractivity (Wildman–Crippen MR) is 68.6 cm³/mol. The number of hydrogen-bond donors (Lipinski definition) is 2. The van der Waals surface area contributed by atoms with Gasteiger partial charge in [-0.3, -0.25) is 0 Å². The summed E-state index contributed by atoms with van der Waals surface area (Å²) in [5, 5.41) is 6.44. The Hall–Kier alpha value is -0.510. The molecule has 1 aromatic heterocycles. The zero-order chi connectivity index (χ0) is 9.10. The van der Waals surface area contributed by atoms with Crippen LogP contribution >= 0.6 is 24.8 Å². The van der Waals surface area contributed by atoms with E-state index in [1.807, 2.05) is 13.1 Å². The number of pyridine rings is 1. The van der Waals surface area contributed by atoms with Gasteiger partial charge >= 0.3 is 0 Å². The van der Waals surface area contributed by atoms with Crippen molar-refractivity contribution < 1.29 is 0 Å². The van der Waals surface area contributed by atoms with Crippen molar-refractivity contribution >= 4 is 30.6 Å². The molecule has 0 amide bonds. The van der Waals surface area contributed by atoms with E-state index >= 15 is 0 Å². The van der Waals surface area contributed by atoms with Gasteiger partial charge in [-0.25, -0.2) is 4.98 Å². The fraction of sp³-hybridized carbons (Fsp3) is 0.500. The molecule has 3 nitrogen and oxygen atoms in total. The molecule has 2 N–H and O–H groups in total. The van der Waals surface area contributed by atoms with Crippen molar-refractivity contribution in [3.8, 4) is 0 Å². The van der Waals surface area contributed by atoms with Gasteiger partial charge in [0.2, 0.25) is 0 Å². The first kappa shape index (κ1) is 14.5. The topological polar surface area (TPSA) is 37.0 Å². The molecule has 0 saturated heterocycles. The summed E-state index contributed by atoms with van der Waals surface area (Å²) in [5.74, 6) is 0.973. The first-order chi connectivity index (χ1) is 6.40. The SMILES string of the molecule is CNc1ccc2c(n1)CCNCC2.Cl.Cl. The number of rotatable bonds is 1. The van der Waals surface area contributed by atoms with Crippen LogP contribution in [-0.4, -0.2) is 25.1 Å². The highest BCUT2D eigenvalue weighted by Gasteiger charge is 2.08. The molecule has 5 heteroatoms. The highest BCUT2D eigenvalue weighted by molar-refractivity contribution is 5.85. The number of nitrogens with zero attached hydrogens (tertiary/aromatic N) is 1. The quantitative estimate of drug-likeness (QED) is 0.795. The van der Waals surface area contributed by atoms with E-state index in [-0.39, 0.29) is 24.8 Å². The van der Waals surface area contributed by atoms with E-state index in [0.717, 1.165) is 31.7 Å². The van der Waals surface area contributed by atoms with Crippen LogP contribution in [0.4, 0.5) is 5.82 Å². The number of anilines is 1. The molecule has 0 fully saturated rings. The molecule has 0 unspecified atom stereocenters. The van der Waals surface area contributed by atoms with Gasteiger partial charge in [-0.05, 0) is 24.6 Å². The summed E-state index contributed by atoms with van der Waals surface area (Å²) >= 11 is 0. The van der Waals surface area contributed by atoms with E-state index in [1.54, 1.807) is 0 Å². The molecule has 1 aliphatic heterocycles. The highest BCUT2D eigenvalue weighted by atomic mass is 35.5. The summed E-state index contributed by atoms with van der Waals surface area (Å²) < 4.78 is 0. The number of halogens is 2. The molecule has 2 rings (SSSR count). The predicted octanol–water partition coefficient (Wildman–Crippen LogP) is 1.66. The van der Waals surface area contributed by atoms with Gasteiger partial charge < -0.3 is 10.6 Å². The lowest BCUT2D eigenvalue weighted by molar-refractivity contribution is 0.708. The molecule has 0 aromatic carbocycles. The van der Waals surface area contributed by atoms with Crippen molar-refractivity contribution in [3.63, 3.8) is 0 Å². The number of fused-ring (bicyclic) bond motifs is 1. The normalized spacial score (nSPS) is 13.9. The summed E-state index contributed by atoms with van der Waals surface area (Å²) in [4.78, 5) is 4.54. The minimum atomic E-state index is 0. The molecule has 0 saturated carbocycles. The number of nitrogens with one attached hydrogen (secondary N) is 2. The van der Waals surface area contributed by atoms with E-state index in [1.165, 1.54) is 11.3 Å². The van der Waals surface area contributed by atoms with Gasteiger partial charge in [0.1, 0.15) is 5.82 Å². The largest absolute Gasteiger partial charge is 0.373 e. The number of aromatic nitrogens is 1. The Morgan fingerprint density at radius 3 is 2.67 bits per heavy atom. The van der Waals surface area contributed by atoms with E-state index in [9.17, 15) is 0 Å². The summed E-state index contributed by atoms with van der Waals surface area (Å²) in [6.07, 6.45) is 2.15. The maximum absolute atomic E-state index is 4.54. The van der Waals surface area contributed by atoms with Gasteiger partial charge in [-0.1, -0.05) is 6.07 Å². The van der Waals surface area contributed by atoms with Crippen molar-refractivity contribution in [3.05, 3.63) is 23.4 Å². The Morgan fingerprint density at radius 2 is 1.93 bits per heavy atom. The second-order valence-corrected chi connectivity index (χ2v) is 3.30. The Labute approximate surface area is 103 Å². The van der Waals surface area contributed by atoms with Crippen LogP contribution in [0.15, 0.2) is 12.1 Å². The standard InChI is InChI=1S/C10H15N3.2ClH/c1-11-10-3-2-8-4-6-12-7-5-9(8)13-10;;/h2-3,12H,4-7H2,1H3,(H,11,13);2*1H. The fourth-order valence-corrected chi connectivity index (χ4v) is 1.67. The molecule has 0 radical (unpaired) electrons. The maximum Gasteiger partial charge on any atom is 0.125 e. The second-order valence-electron chi connectivity index (χ2n) is 3.30. The average Bonchev–Trinajstić information content (AvgIpc) is 2.41. The minimum absolute atomic E-state index is 0. The molecule has 86 valence electrons. The van der Waals surface area contributed by atoms with Gasteiger partial charge in [0, 0.05) is 25.7 Å². The van der Waals surface area contributed by atoms with Gasteiger partial charge in [0.05, 0.1) is 0 Å². The van der Waals surface area contributed by atoms with Crippen LogP contribution in [0.3, 0.4) is 0 Å². The third-order valence-electron chi connectivity index (χ3n) is 2.43. The minimum Gasteiger partial charge on any atom is -0.373 e. The summed E-state index contributed by atoms with van der Waals surface area (Å²) in [6.45, 7) is 2.13. The molecular weight excluding hydrogens is 233 g/mol. The number of hydrogen-bond acceptors (Lipinski definition) is 3. The summed E-state index contributed by atoms with van der Waals surface area (Å²) in [7, 11) is 1.91. The lowest BCUT2D eigenvalue weighted by Gasteiger charge is -2.06. The zero-order valence-electron chi connectivity index (χ0n) is 8.75. The maximum atomic E-state index is 4.54. The van der Waals surface area contributed by atoms with Crippen molar-refractivity contribution in [1.29, 1.82) is 0 Å². The van der Waals surface area contributed by atoms with Crippen LogP contribution in [0.5, 0.6) is 0 Å². The van der Waals surface area contributed by atoms with Crippen LogP contribution in [0, 0.1) is 0 Å². The Kier molecular flexibility index (Phi) is 6.65. The molecule has 1 aromatic rings. The van der Waals surface area contributed by atoms with Crippen molar-refractivity contribution in [2.24, 2.45) is 0 Å². The van der Waals surface area contributed by atoms with E-state index in [2.05, 4.69) is 21.7 Å². The lowest BCUT2D eigenvalue weighted by Crippen LogP contribution is -2.16. The molecule has 1 aliphatic rings. The monoisotopic (exact) mass is 249 g/mol. The molecule has 0 atom stereocenters. The van der Waals surface area contributed by atoms with Crippen LogP contribution < -0.4 is 10.6 Å². The first-order valence-corrected chi connectivity index (χ1v) is 4.77. The summed E-state index contributed by atoms with van der Waals surface area (Å²) in [6, 6.07) is 4.23. The molecule has 2 heterocycles. The first-order valence-electron chi connectivity index (χ1n) is 4.77. The van der Waals surface area contributed by atoms with E-state index < -0.39 is 0 Å². The highest BCUT2D eigenvalue weighted by Crippen LogP contribution is 2.13. The molecule has 0 aliphatic carbocycles. The molecule has 0 bridgehead atoms. The van der Waals surface area contributed by atoms with Gasteiger partial charge in [0.15, 0.2) is 0 Å². The Bertz CT molecular complexity index is 305. The van der Waals surface area contributed by atoms with Gasteiger partial charge in [-0.15, -0.1) is 24.8 Å². The fourth-order valence-electron chi connectivity index (χ4n) is 1.67. The Morgan fingerprint density at radius 1 is 1.20 bits per heavy atom. The zero-order valence-corrected chi connectivity index (χ0v) is 10.4. The average molecular weight is 250 g/mol. The molecule has 15 heavy (non-hydrogen) atoms. The van der Waals surface area contributed by atoms with Gasteiger partial charge in [0.25, 0.3) is 0 Å². The molecule has 0 spiro atoms. The Balaban J connectivity index is 0.000000980. The smallest absolute Gasteiger partial charge is 0.125 e. The lowest BCUT2D eigenvalue weighted by atomic mass is 10.1.